The zero-order valence-corrected chi connectivity index (χ0v) is 14.1. The van der Waals surface area contributed by atoms with Crippen LogP contribution in [0.4, 0.5) is 0 Å². The monoisotopic (exact) mass is 316 g/mol. The molecule has 0 radical (unpaired) electrons. The van der Waals surface area contributed by atoms with Crippen molar-refractivity contribution in [1.29, 1.82) is 0 Å². The summed E-state index contributed by atoms with van der Waals surface area (Å²) in [5.74, 6) is 1.51. The van der Waals surface area contributed by atoms with Gasteiger partial charge in [-0.3, -0.25) is 0 Å². The number of rotatable bonds is 8. The smallest absolute Gasteiger partial charge is 0.170 e. The van der Waals surface area contributed by atoms with Crippen LogP contribution in [-0.2, 0) is 13.2 Å². The molecule has 4 heteroatoms. The molecule has 0 amide bonds. The van der Waals surface area contributed by atoms with Gasteiger partial charge in [0.15, 0.2) is 11.5 Å². The second-order valence-electron chi connectivity index (χ2n) is 5.80. The molecule has 23 heavy (non-hydrogen) atoms. The number of ether oxygens (including phenoxy) is 2. The quantitative estimate of drug-likeness (QED) is 0.783. The van der Waals surface area contributed by atoms with E-state index < -0.39 is 0 Å². The fraction of sp³-hybridized carbons (Fsp3) is 0.368. The summed E-state index contributed by atoms with van der Waals surface area (Å²) in [6, 6.07) is 14.2. The first-order valence-electron chi connectivity index (χ1n) is 7.94. The van der Waals surface area contributed by atoms with E-state index in [1.807, 2.05) is 18.2 Å². The van der Waals surface area contributed by atoms with Crippen LogP contribution in [0, 0.1) is 6.92 Å². The van der Waals surface area contributed by atoms with Crippen molar-refractivity contribution in [3.63, 3.8) is 0 Å². The van der Waals surface area contributed by atoms with E-state index in [-0.39, 0.29) is 6.10 Å². The highest BCUT2D eigenvalue weighted by molar-refractivity contribution is 5.46. The Balaban J connectivity index is 2.09. The molecule has 0 saturated carbocycles. The van der Waals surface area contributed by atoms with E-state index in [9.17, 15) is 5.11 Å². The number of hydrogen-bond donors (Lipinski definition) is 2. The Morgan fingerprint density at radius 1 is 1.13 bits per heavy atom. The topological polar surface area (TPSA) is 55.3 Å². The molecule has 0 aromatic heterocycles. The number of hydrogen-bond acceptors (Lipinski definition) is 3. The summed E-state index contributed by atoms with van der Waals surface area (Å²) in [5, 5.41) is 11.5. The third kappa shape index (κ3) is 5.27. The molecule has 2 aromatic rings. The first-order chi connectivity index (χ1) is 11.1. The van der Waals surface area contributed by atoms with Gasteiger partial charge in [-0.25, -0.2) is 0 Å². The van der Waals surface area contributed by atoms with Gasteiger partial charge in [0.2, 0.25) is 0 Å². The molecule has 1 atom stereocenters. The number of para-hydroxylation sites is 1. The average molecular weight is 316 g/mol. The average Bonchev–Trinajstić information content (AvgIpc) is 2.54. The molecule has 0 heterocycles. The third-order valence-corrected chi connectivity index (χ3v) is 3.66. The van der Waals surface area contributed by atoms with Crippen molar-refractivity contribution in [2.24, 2.45) is 0 Å². The van der Waals surface area contributed by atoms with Gasteiger partial charge < -0.3 is 19.9 Å². The fourth-order valence-corrected chi connectivity index (χ4v) is 2.37. The predicted octanol–water partition coefficient (Wildman–Crippen LogP) is 2.03. The summed E-state index contributed by atoms with van der Waals surface area (Å²) < 4.78 is 11.5. The lowest BCUT2D eigenvalue weighted by Crippen LogP contribution is -2.84. The molecule has 0 aliphatic heterocycles. The first kappa shape index (κ1) is 17.3. The summed E-state index contributed by atoms with van der Waals surface area (Å²) in [6.07, 6.45) is -0.322. The van der Waals surface area contributed by atoms with E-state index in [0.717, 1.165) is 29.2 Å². The molecule has 0 spiro atoms. The van der Waals surface area contributed by atoms with Crippen molar-refractivity contribution in [3.05, 3.63) is 59.2 Å². The lowest BCUT2D eigenvalue weighted by atomic mass is 10.1. The third-order valence-electron chi connectivity index (χ3n) is 3.66. The molecule has 0 aliphatic rings. The van der Waals surface area contributed by atoms with Crippen LogP contribution in [0.15, 0.2) is 42.5 Å². The molecule has 0 bridgehead atoms. The summed E-state index contributed by atoms with van der Waals surface area (Å²) >= 11 is 0. The van der Waals surface area contributed by atoms with Gasteiger partial charge in [0.25, 0.3) is 0 Å². The number of methoxy groups -OCH3 is 1. The first-order valence-corrected chi connectivity index (χ1v) is 7.94. The van der Waals surface area contributed by atoms with E-state index >= 15 is 0 Å². The molecule has 0 fully saturated rings. The van der Waals surface area contributed by atoms with Gasteiger partial charge >= 0.3 is 0 Å². The summed E-state index contributed by atoms with van der Waals surface area (Å²) in [7, 11) is 1.65. The molecule has 0 saturated heterocycles. The van der Waals surface area contributed by atoms with Crippen LogP contribution in [0.5, 0.6) is 11.5 Å². The minimum absolute atomic E-state index is 0.322. The molecule has 0 unspecified atom stereocenters. The van der Waals surface area contributed by atoms with Crippen molar-refractivity contribution in [1.82, 2.24) is 0 Å². The Bertz CT molecular complexity index is 609. The molecular weight excluding hydrogens is 290 g/mol. The van der Waals surface area contributed by atoms with Crippen molar-refractivity contribution in [2.45, 2.75) is 33.1 Å². The minimum Gasteiger partial charge on any atom is -0.493 e. The van der Waals surface area contributed by atoms with Crippen LogP contribution in [-0.4, -0.2) is 24.9 Å². The van der Waals surface area contributed by atoms with Crippen LogP contribution in [0.2, 0.25) is 0 Å². The number of benzene rings is 2. The van der Waals surface area contributed by atoms with Crippen molar-refractivity contribution >= 4 is 0 Å². The number of quaternary nitrogens is 1. The zero-order valence-electron chi connectivity index (χ0n) is 14.1. The summed E-state index contributed by atoms with van der Waals surface area (Å²) in [6.45, 7) is 5.77. The zero-order chi connectivity index (χ0) is 16.7. The van der Waals surface area contributed by atoms with Gasteiger partial charge in [0.1, 0.15) is 19.7 Å². The Morgan fingerprint density at radius 2 is 1.87 bits per heavy atom. The second-order valence-corrected chi connectivity index (χ2v) is 5.80. The molecule has 3 N–H and O–H groups in total. The minimum atomic E-state index is -0.322. The largest absolute Gasteiger partial charge is 0.493 e. The maximum atomic E-state index is 9.39. The van der Waals surface area contributed by atoms with Crippen molar-refractivity contribution in [3.8, 4) is 11.5 Å². The second kappa shape index (κ2) is 8.56. The number of nitrogens with two attached hydrogens (primary N) is 1. The van der Waals surface area contributed by atoms with Gasteiger partial charge in [-0.1, -0.05) is 35.9 Å². The Labute approximate surface area is 138 Å². The molecule has 4 nitrogen and oxygen atoms in total. The van der Waals surface area contributed by atoms with Gasteiger partial charge in [-0.05, 0) is 31.5 Å². The Hall–Kier alpha value is -2.04. The van der Waals surface area contributed by atoms with Gasteiger partial charge in [0, 0.05) is 0 Å². The molecular formula is C19H26NO3+. The highest BCUT2D eigenvalue weighted by atomic mass is 16.5. The Morgan fingerprint density at radius 3 is 2.52 bits per heavy atom. The molecule has 2 aromatic carbocycles. The maximum absolute atomic E-state index is 9.39. The summed E-state index contributed by atoms with van der Waals surface area (Å²) in [4.78, 5) is 0. The highest BCUT2D eigenvalue weighted by Crippen LogP contribution is 2.31. The van der Waals surface area contributed by atoms with Gasteiger partial charge in [-0.2, -0.15) is 0 Å². The van der Waals surface area contributed by atoms with E-state index in [2.05, 4.69) is 36.5 Å². The normalized spacial score (nSPS) is 12.0. The molecule has 0 aliphatic carbocycles. The van der Waals surface area contributed by atoms with Gasteiger partial charge in [-0.15, -0.1) is 0 Å². The summed E-state index contributed by atoms with van der Waals surface area (Å²) in [5.41, 5.74) is 3.43. The SMILES string of the molecule is COc1cccc(C[NH2+]C[C@H](C)O)c1OCc1ccc(C)cc1. The van der Waals surface area contributed by atoms with E-state index in [1.54, 1.807) is 14.0 Å². The van der Waals surface area contributed by atoms with E-state index in [4.69, 9.17) is 9.47 Å². The lowest BCUT2D eigenvalue weighted by molar-refractivity contribution is -0.676. The van der Waals surface area contributed by atoms with Crippen LogP contribution in [0.1, 0.15) is 23.6 Å². The van der Waals surface area contributed by atoms with Crippen LogP contribution < -0.4 is 14.8 Å². The highest BCUT2D eigenvalue weighted by Gasteiger charge is 2.12. The van der Waals surface area contributed by atoms with Crippen molar-refractivity contribution < 1.29 is 19.9 Å². The number of aliphatic hydroxyl groups excluding tert-OH is 1. The van der Waals surface area contributed by atoms with E-state index in [1.165, 1.54) is 5.56 Å². The van der Waals surface area contributed by atoms with Gasteiger partial charge in [0.05, 0.1) is 18.8 Å². The molecule has 2 rings (SSSR count). The van der Waals surface area contributed by atoms with Crippen LogP contribution >= 0.6 is 0 Å². The lowest BCUT2D eigenvalue weighted by Gasteiger charge is -2.15. The number of aryl methyl sites for hydroxylation is 1. The Kier molecular flexibility index (Phi) is 6.44. The van der Waals surface area contributed by atoms with Crippen molar-refractivity contribution in [2.75, 3.05) is 13.7 Å². The fourth-order valence-electron chi connectivity index (χ4n) is 2.37. The predicted molar refractivity (Wildman–Crippen MR) is 90.7 cm³/mol. The number of aliphatic hydroxyl groups is 1. The van der Waals surface area contributed by atoms with Crippen LogP contribution in [0.3, 0.4) is 0 Å². The van der Waals surface area contributed by atoms with Crippen LogP contribution in [0.25, 0.3) is 0 Å². The van der Waals surface area contributed by atoms with E-state index in [0.29, 0.717) is 13.2 Å². The standard InChI is InChI=1S/C19H25NO3/c1-14-7-9-16(10-8-14)13-23-19-17(12-20-11-15(2)21)5-4-6-18(19)22-3/h4-10,15,20-21H,11-13H2,1-3H3/p+1/t15-/m0/s1. The molecule has 124 valence electrons. The maximum Gasteiger partial charge on any atom is 0.170 e.